The van der Waals surface area contributed by atoms with E-state index in [0.717, 1.165) is 22.8 Å². The van der Waals surface area contributed by atoms with Crippen molar-refractivity contribution >= 4 is 84.1 Å². The Labute approximate surface area is 332 Å². The second kappa shape index (κ2) is 18.3. The molecule has 56 heavy (non-hydrogen) atoms. The van der Waals surface area contributed by atoms with Crippen molar-refractivity contribution in [2.45, 2.75) is 19.8 Å². The van der Waals surface area contributed by atoms with Crippen LogP contribution < -0.4 is 30.4 Å². The molecule has 1 unspecified atom stereocenters. The summed E-state index contributed by atoms with van der Waals surface area (Å²) in [6, 6.07) is 2.64. The van der Waals surface area contributed by atoms with Gasteiger partial charge in [0.25, 0.3) is 0 Å². The van der Waals surface area contributed by atoms with Crippen LogP contribution in [0.4, 0.5) is 5.69 Å². The van der Waals surface area contributed by atoms with E-state index in [0.29, 0.717) is 93.5 Å². The van der Waals surface area contributed by atoms with E-state index in [4.69, 9.17) is 38.9 Å². The van der Waals surface area contributed by atoms with E-state index < -0.39 is 16.8 Å². The van der Waals surface area contributed by atoms with Gasteiger partial charge in [-0.25, -0.2) is 0 Å². The molecule has 1 aliphatic carbocycles. The number of aromatic hydroxyl groups is 2. The molecule has 0 bridgehead atoms. The number of hydrogen-bond acceptors (Lipinski definition) is 15. The fraction of sp³-hybridized carbons (Fsp3) is 0.439. The van der Waals surface area contributed by atoms with Crippen LogP contribution in [0.3, 0.4) is 0 Å². The molecule has 0 saturated carbocycles. The number of aliphatic hydroxyl groups excluding tert-OH is 2. The van der Waals surface area contributed by atoms with Gasteiger partial charge in [-0.2, -0.15) is 23.5 Å². The second-order valence-corrected chi connectivity index (χ2v) is 15.7. The number of nitrogens with one attached hydrogen (secondary N) is 1. The number of benzene rings is 5. The first-order chi connectivity index (χ1) is 27.2. The van der Waals surface area contributed by atoms with Gasteiger partial charge in [0.15, 0.2) is 28.1 Å². The maximum atomic E-state index is 14.1. The van der Waals surface area contributed by atoms with Crippen LogP contribution in [0.15, 0.2) is 32.3 Å². The number of phenolic OH excluding ortho intramolecular Hbond substituents is 2. The predicted octanol–water partition coefficient (Wildman–Crippen LogP) is 5.19. The zero-order valence-corrected chi connectivity index (χ0v) is 33.8. The maximum absolute atomic E-state index is 14.1. The number of anilines is 1. The summed E-state index contributed by atoms with van der Waals surface area (Å²) in [5.41, 5.74) is 2.15. The van der Waals surface area contributed by atoms with Gasteiger partial charge < -0.3 is 49.4 Å². The molecule has 5 aromatic rings. The van der Waals surface area contributed by atoms with Crippen molar-refractivity contribution in [2.24, 2.45) is 4.99 Å². The van der Waals surface area contributed by atoms with E-state index in [9.17, 15) is 19.8 Å². The second-order valence-electron chi connectivity index (χ2n) is 13.3. The summed E-state index contributed by atoms with van der Waals surface area (Å²) in [5, 5.41) is 48.6. The molecular weight excluding hydrogens is 761 g/mol. The van der Waals surface area contributed by atoms with E-state index in [1.165, 1.54) is 33.5 Å². The highest BCUT2D eigenvalue weighted by atomic mass is 32.2. The summed E-state index contributed by atoms with van der Waals surface area (Å²) < 4.78 is 28.5. The number of thioether (sulfide) groups is 2. The van der Waals surface area contributed by atoms with E-state index in [-0.39, 0.29) is 59.3 Å². The average molecular weight is 809 g/mol. The van der Waals surface area contributed by atoms with Gasteiger partial charge in [0, 0.05) is 97.9 Å². The predicted molar refractivity (Wildman–Crippen MR) is 228 cm³/mol. The Hall–Kier alpha value is -4.25. The smallest absolute Gasteiger partial charge is 0.194 e. The van der Waals surface area contributed by atoms with E-state index in [1.54, 1.807) is 23.5 Å². The van der Waals surface area contributed by atoms with Crippen LogP contribution in [0.1, 0.15) is 30.9 Å². The molecule has 1 atom stereocenters. The fourth-order valence-corrected chi connectivity index (χ4v) is 9.21. The lowest BCUT2D eigenvalue weighted by Gasteiger charge is -2.26. The van der Waals surface area contributed by atoms with Crippen LogP contribution in [0.25, 0.3) is 49.2 Å². The lowest BCUT2D eigenvalue weighted by molar-refractivity contribution is 0.103. The lowest BCUT2D eigenvalue weighted by atomic mass is 9.80. The number of aliphatic hydroxyl groups is 2. The van der Waals surface area contributed by atoms with Gasteiger partial charge >= 0.3 is 0 Å². The molecule has 0 radical (unpaired) electrons. The summed E-state index contributed by atoms with van der Waals surface area (Å²) in [6.07, 6.45) is 1.98. The molecule has 0 spiro atoms. The Kier molecular flexibility index (Phi) is 13.6. The SMILES string of the molecule is COc1c(O)c2c(=O)cc(OC)c3c4c(OC)cc(=O)c5c(O)c(NCCSCCOCCO)c6c(c(c1C(C(C)=NCCSCCOCCO)C(C)=C6)c23)c54. The summed E-state index contributed by atoms with van der Waals surface area (Å²) in [4.78, 5) is 33.1. The van der Waals surface area contributed by atoms with E-state index in [1.807, 2.05) is 19.9 Å². The van der Waals surface area contributed by atoms with E-state index >= 15 is 0 Å². The highest BCUT2D eigenvalue weighted by Crippen LogP contribution is 2.58. The first-order valence-electron chi connectivity index (χ1n) is 18.4. The standard InChI is InChI=1S/C41H48N2O11S2/c1-21-18-23-29-34-30(39(48)38(23)43-7-15-56-17-13-54-11-9-45)24(46)19-26(50-3)32(34)33-27(51-4)20-25(47)31-36(33)35(29)37(41(52-5)40(31)49)28(21)22(2)42-6-14-55-16-12-53-10-8-44/h18-20,28,43-45,48-49H,6-17H2,1-5H3. The number of aliphatic imine (C=N–C) groups is 1. The summed E-state index contributed by atoms with van der Waals surface area (Å²) in [7, 11) is 4.36. The number of ether oxygens (including phenoxy) is 5. The van der Waals surface area contributed by atoms with Gasteiger partial charge in [-0.3, -0.25) is 14.6 Å². The zero-order chi connectivity index (χ0) is 40.1. The molecule has 5 aromatic carbocycles. The Morgan fingerprint density at radius 1 is 0.732 bits per heavy atom. The molecular formula is C41H48N2O11S2. The average Bonchev–Trinajstić information content (AvgIpc) is 3.31. The third-order valence-electron chi connectivity index (χ3n) is 10.0. The van der Waals surface area contributed by atoms with Crippen molar-refractivity contribution in [1.82, 2.24) is 0 Å². The Bertz CT molecular complexity index is 2400. The quantitative estimate of drug-likeness (QED) is 0.0215. The minimum Gasteiger partial charge on any atom is -0.505 e. The van der Waals surface area contributed by atoms with Gasteiger partial charge in [-0.05, 0) is 19.2 Å². The Morgan fingerprint density at radius 3 is 1.88 bits per heavy atom. The summed E-state index contributed by atoms with van der Waals surface area (Å²) >= 11 is 3.32. The van der Waals surface area contributed by atoms with Crippen LogP contribution in [-0.2, 0) is 9.47 Å². The van der Waals surface area contributed by atoms with Crippen LogP contribution in [0.2, 0.25) is 0 Å². The normalized spacial score (nSPS) is 14.4. The summed E-state index contributed by atoms with van der Waals surface area (Å²) in [5.74, 6) is 2.30. The Morgan fingerprint density at radius 2 is 1.30 bits per heavy atom. The van der Waals surface area contributed by atoms with Crippen LogP contribution in [0, 0.1) is 0 Å². The third kappa shape index (κ3) is 7.48. The fourth-order valence-electron chi connectivity index (χ4n) is 7.86. The molecule has 0 amide bonds. The third-order valence-corrected chi connectivity index (χ3v) is 11.9. The maximum Gasteiger partial charge on any atom is 0.194 e. The van der Waals surface area contributed by atoms with Gasteiger partial charge in [0.05, 0.1) is 77.4 Å². The zero-order valence-electron chi connectivity index (χ0n) is 32.2. The van der Waals surface area contributed by atoms with Crippen LogP contribution >= 0.6 is 23.5 Å². The minimum atomic E-state index is -0.548. The van der Waals surface area contributed by atoms with Gasteiger partial charge in [0.1, 0.15) is 11.5 Å². The van der Waals surface area contributed by atoms with Gasteiger partial charge in [0.2, 0.25) is 0 Å². The number of allylic oxidation sites excluding steroid dienone is 1. The molecule has 5 N–H and O–H groups in total. The van der Waals surface area contributed by atoms with Crippen molar-refractivity contribution in [3.05, 3.63) is 49.3 Å². The molecule has 0 aliphatic heterocycles. The highest BCUT2D eigenvalue weighted by Gasteiger charge is 2.36. The number of fused-ring (bicyclic) bond motifs is 1. The molecule has 0 fully saturated rings. The monoisotopic (exact) mass is 808 g/mol. The first kappa shape index (κ1) is 41.4. The molecule has 1 aliphatic rings. The van der Waals surface area contributed by atoms with Gasteiger partial charge in [-0.15, -0.1) is 0 Å². The van der Waals surface area contributed by atoms with Crippen molar-refractivity contribution in [3.8, 4) is 28.7 Å². The molecule has 6 rings (SSSR count). The molecule has 0 aromatic heterocycles. The van der Waals surface area contributed by atoms with Crippen molar-refractivity contribution in [3.63, 3.8) is 0 Å². The first-order valence-corrected chi connectivity index (χ1v) is 20.7. The highest BCUT2D eigenvalue weighted by molar-refractivity contribution is 7.99. The lowest BCUT2D eigenvalue weighted by Crippen LogP contribution is -2.15. The van der Waals surface area contributed by atoms with Crippen LogP contribution in [0.5, 0.6) is 28.7 Å². The largest absolute Gasteiger partial charge is 0.505 e. The van der Waals surface area contributed by atoms with Crippen molar-refractivity contribution < 1.29 is 44.1 Å². The van der Waals surface area contributed by atoms with Crippen molar-refractivity contribution in [1.29, 1.82) is 0 Å². The number of methoxy groups -OCH3 is 3. The van der Waals surface area contributed by atoms with Crippen LogP contribution in [-0.4, -0.2) is 123 Å². The molecule has 0 heterocycles. The van der Waals surface area contributed by atoms with E-state index in [2.05, 4.69) is 5.32 Å². The Balaban J connectivity index is 1.66. The number of hydrogen-bond donors (Lipinski definition) is 5. The number of phenols is 2. The van der Waals surface area contributed by atoms with Gasteiger partial charge in [-0.1, -0.05) is 11.6 Å². The number of rotatable bonds is 21. The molecule has 15 heteroatoms. The molecule has 300 valence electrons. The number of nitrogens with zero attached hydrogens (tertiary/aromatic N) is 1. The molecule has 0 saturated heterocycles. The summed E-state index contributed by atoms with van der Waals surface area (Å²) in [6.45, 7) is 6.33. The van der Waals surface area contributed by atoms with Crippen molar-refractivity contribution in [2.75, 3.05) is 102 Å². The topological polar surface area (TPSA) is 186 Å². The minimum absolute atomic E-state index is 0.0199. The molecule has 13 nitrogen and oxygen atoms in total.